The zero-order valence-corrected chi connectivity index (χ0v) is 18.8. The molecule has 2 aromatic rings. The summed E-state index contributed by atoms with van der Waals surface area (Å²) in [6, 6.07) is 7.78. The number of hydrogen-bond donors (Lipinski definition) is 1. The lowest BCUT2D eigenvalue weighted by atomic mass is 9.83. The minimum Gasteiger partial charge on any atom is -0.353 e. The van der Waals surface area contributed by atoms with Gasteiger partial charge in [-0.2, -0.15) is 0 Å². The van der Waals surface area contributed by atoms with Crippen LogP contribution in [-0.4, -0.2) is 40.1 Å². The highest BCUT2D eigenvalue weighted by atomic mass is 35.5. The second-order valence-corrected chi connectivity index (χ2v) is 9.15. The Hall–Kier alpha value is -2.15. The normalized spacial score (nSPS) is 25.6. The number of nitrogens with one attached hydrogen (secondary N) is 1. The predicted octanol–water partition coefficient (Wildman–Crippen LogP) is 4.45. The van der Waals surface area contributed by atoms with Crippen molar-refractivity contribution in [1.29, 1.82) is 0 Å². The number of amides is 2. The lowest BCUT2D eigenvalue weighted by molar-refractivity contribution is -0.128. The lowest BCUT2D eigenvalue weighted by Gasteiger charge is -2.43. The van der Waals surface area contributed by atoms with Crippen LogP contribution in [0.1, 0.15) is 48.5 Å². The number of carbonyl (C=O) groups excluding carboxylic acids is 2. The predicted molar refractivity (Wildman–Crippen MR) is 119 cm³/mol. The van der Waals surface area contributed by atoms with Crippen LogP contribution in [0.3, 0.4) is 0 Å². The summed E-state index contributed by atoms with van der Waals surface area (Å²) in [5, 5.41) is 3.61. The average molecular weight is 462 g/mol. The largest absolute Gasteiger partial charge is 0.353 e. The third kappa shape index (κ3) is 4.56. The van der Waals surface area contributed by atoms with Gasteiger partial charge in [-0.25, -0.2) is 0 Å². The molecule has 2 aliphatic rings. The first-order valence-electron chi connectivity index (χ1n) is 10.5. The van der Waals surface area contributed by atoms with Gasteiger partial charge in [-0.3, -0.25) is 19.5 Å². The SMILES string of the molecule is CC1CCC2(CC1)OC[C@@H](C(=O)NCc1cccnc1)N2C(=O)c1ccc(Cl)c(Cl)c1. The second kappa shape index (κ2) is 9.15. The molecule has 2 heterocycles. The molecule has 1 atom stereocenters. The molecule has 1 aromatic carbocycles. The zero-order valence-electron chi connectivity index (χ0n) is 17.3. The highest BCUT2D eigenvalue weighted by Gasteiger charge is 2.53. The fourth-order valence-corrected chi connectivity index (χ4v) is 4.66. The fraction of sp³-hybridized carbons (Fsp3) is 0.435. The molecule has 2 amide bonds. The second-order valence-electron chi connectivity index (χ2n) is 8.34. The third-order valence-electron chi connectivity index (χ3n) is 6.19. The number of aromatic nitrogens is 1. The van der Waals surface area contributed by atoms with Crippen LogP contribution in [-0.2, 0) is 16.1 Å². The van der Waals surface area contributed by atoms with Crippen LogP contribution in [0.25, 0.3) is 0 Å². The number of halogens is 2. The quantitative estimate of drug-likeness (QED) is 0.729. The standard InChI is InChI=1S/C23H25Cl2N3O3/c1-15-6-8-23(9-7-15)28(22(30)17-4-5-18(24)19(25)11-17)20(14-31-23)21(29)27-13-16-3-2-10-26-12-16/h2-5,10-12,15,20H,6-9,13-14H2,1H3,(H,27,29)/t15?,20-,23?/m0/s1. The maximum absolute atomic E-state index is 13.6. The first-order valence-corrected chi connectivity index (χ1v) is 11.2. The van der Waals surface area contributed by atoms with Crippen molar-refractivity contribution in [2.75, 3.05) is 6.61 Å². The average Bonchev–Trinajstić information content (AvgIpc) is 3.15. The topological polar surface area (TPSA) is 71.5 Å². The van der Waals surface area contributed by atoms with E-state index in [-0.39, 0.29) is 18.4 Å². The van der Waals surface area contributed by atoms with Gasteiger partial charge in [0.15, 0.2) is 0 Å². The number of carbonyl (C=O) groups is 2. The first kappa shape index (κ1) is 22.1. The van der Waals surface area contributed by atoms with Crippen LogP contribution in [0.5, 0.6) is 0 Å². The summed E-state index contributed by atoms with van der Waals surface area (Å²) in [6.07, 6.45) is 6.67. The summed E-state index contributed by atoms with van der Waals surface area (Å²) in [6.45, 7) is 2.70. The Kier molecular flexibility index (Phi) is 6.51. The van der Waals surface area contributed by atoms with E-state index >= 15 is 0 Å². The third-order valence-corrected chi connectivity index (χ3v) is 6.93. The summed E-state index contributed by atoms with van der Waals surface area (Å²) in [4.78, 5) is 32.4. The molecule has 8 heteroatoms. The molecular weight excluding hydrogens is 437 g/mol. The minimum atomic E-state index is -0.772. The van der Waals surface area contributed by atoms with Crippen molar-refractivity contribution in [3.8, 4) is 0 Å². The van der Waals surface area contributed by atoms with Crippen LogP contribution in [0.2, 0.25) is 10.0 Å². The molecule has 1 aliphatic heterocycles. The van der Waals surface area contributed by atoms with Crippen molar-refractivity contribution < 1.29 is 14.3 Å². The van der Waals surface area contributed by atoms with E-state index in [0.717, 1.165) is 18.4 Å². The molecule has 1 aliphatic carbocycles. The van der Waals surface area contributed by atoms with E-state index in [1.807, 2.05) is 12.1 Å². The molecule has 0 unspecified atom stereocenters. The van der Waals surface area contributed by atoms with Gasteiger partial charge in [0, 0.05) is 24.5 Å². The number of ether oxygens (including phenoxy) is 1. The number of rotatable bonds is 4. The van der Waals surface area contributed by atoms with Gasteiger partial charge in [0.05, 0.1) is 16.7 Å². The highest BCUT2D eigenvalue weighted by Crippen LogP contribution is 2.43. The summed E-state index contributed by atoms with van der Waals surface area (Å²) in [5.74, 6) is 0.0505. The van der Waals surface area contributed by atoms with Crippen molar-refractivity contribution in [2.24, 2.45) is 5.92 Å². The Morgan fingerprint density at radius 2 is 2.00 bits per heavy atom. The van der Waals surface area contributed by atoms with Gasteiger partial charge in [-0.1, -0.05) is 36.2 Å². The molecule has 4 rings (SSSR count). The van der Waals surface area contributed by atoms with Gasteiger partial charge in [-0.15, -0.1) is 0 Å². The molecular formula is C23H25Cl2N3O3. The Morgan fingerprint density at radius 3 is 2.68 bits per heavy atom. The van der Waals surface area contributed by atoms with Crippen molar-refractivity contribution >= 4 is 35.0 Å². The first-order chi connectivity index (χ1) is 14.9. The van der Waals surface area contributed by atoms with Crippen molar-refractivity contribution in [2.45, 2.75) is 50.9 Å². The molecule has 31 heavy (non-hydrogen) atoms. The Morgan fingerprint density at radius 1 is 1.23 bits per heavy atom. The van der Waals surface area contributed by atoms with Crippen molar-refractivity contribution in [3.05, 3.63) is 63.9 Å². The van der Waals surface area contributed by atoms with Crippen molar-refractivity contribution in [1.82, 2.24) is 15.2 Å². The van der Waals surface area contributed by atoms with Gasteiger partial charge >= 0.3 is 0 Å². The molecule has 1 saturated carbocycles. The van der Waals surface area contributed by atoms with E-state index in [1.54, 1.807) is 35.5 Å². The molecule has 1 N–H and O–H groups in total. The van der Waals surface area contributed by atoms with E-state index in [4.69, 9.17) is 27.9 Å². The minimum absolute atomic E-state index is 0.167. The maximum atomic E-state index is 13.6. The number of hydrogen-bond acceptors (Lipinski definition) is 4. The van der Waals surface area contributed by atoms with E-state index in [0.29, 0.717) is 40.9 Å². The summed E-state index contributed by atoms with van der Waals surface area (Å²) >= 11 is 12.2. The van der Waals surface area contributed by atoms with Gasteiger partial charge in [0.1, 0.15) is 11.8 Å². The fourth-order valence-electron chi connectivity index (χ4n) is 4.36. The molecule has 6 nitrogen and oxygen atoms in total. The lowest BCUT2D eigenvalue weighted by Crippen LogP contribution is -2.56. The molecule has 1 spiro atoms. The highest BCUT2D eigenvalue weighted by molar-refractivity contribution is 6.42. The summed E-state index contributed by atoms with van der Waals surface area (Å²) in [7, 11) is 0. The van der Waals surface area contributed by atoms with E-state index < -0.39 is 11.8 Å². The Bertz CT molecular complexity index is 962. The molecule has 2 fully saturated rings. The van der Waals surface area contributed by atoms with Crippen LogP contribution < -0.4 is 5.32 Å². The van der Waals surface area contributed by atoms with Crippen molar-refractivity contribution in [3.63, 3.8) is 0 Å². The molecule has 1 saturated heterocycles. The molecule has 164 valence electrons. The number of pyridine rings is 1. The van der Waals surface area contributed by atoms with E-state index in [9.17, 15) is 9.59 Å². The zero-order chi connectivity index (χ0) is 22.0. The van der Waals surface area contributed by atoms with Crippen LogP contribution >= 0.6 is 23.2 Å². The van der Waals surface area contributed by atoms with Crippen LogP contribution in [0.15, 0.2) is 42.7 Å². The van der Waals surface area contributed by atoms with Gasteiger partial charge in [0.2, 0.25) is 5.91 Å². The van der Waals surface area contributed by atoms with Gasteiger partial charge in [-0.05, 0) is 61.4 Å². The van der Waals surface area contributed by atoms with Gasteiger partial charge in [0.25, 0.3) is 5.91 Å². The Balaban J connectivity index is 1.60. The van der Waals surface area contributed by atoms with Gasteiger partial charge < -0.3 is 10.1 Å². The van der Waals surface area contributed by atoms with E-state index in [2.05, 4.69) is 17.2 Å². The maximum Gasteiger partial charge on any atom is 0.256 e. The Labute approximate surface area is 191 Å². The van der Waals surface area contributed by atoms with E-state index in [1.165, 1.54) is 0 Å². The molecule has 0 radical (unpaired) electrons. The molecule has 1 aromatic heterocycles. The summed E-state index contributed by atoms with van der Waals surface area (Å²) in [5.41, 5.74) is 0.507. The molecule has 0 bridgehead atoms. The number of nitrogens with zero attached hydrogens (tertiary/aromatic N) is 2. The van der Waals surface area contributed by atoms with Crippen LogP contribution in [0.4, 0.5) is 0 Å². The van der Waals surface area contributed by atoms with Crippen LogP contribution in [0, 0.1) is 5.92 Å². The number of benzene rings is 1. The monoisotopic (exact) mass is 461 g/mol. The smallest absolute Gasteiger partial charge is 0.256 e. The summed E-state index contributed by atoms with van der Waals surface area (Å²) < 4.78 is 6.20.